The molecular weight excluding hydrogens is 218 g/mol. The normalized spacial score (nSPS) is 25.3. The molecule has 1 aromatic rings. The van der Waals surface area contributed by atoms with Crippen LogP contribution < -0.4 is 11.1 Å². The average molecular weight is 237 g/mol. The van der Waals surface area contributed by atoms with Crippen molar-refractivity contribution in [1.82, 2.24) is 10.5 Å². The van der Waals surface area contributed by atoms with Crippen molar-refractivity contribution in [2.45, 2.75) is 51.1 Å². The van der Waals surface area contributed by atoms with Gasteiger partial charge >= 0.3 is 0 Å². The highest BCUT2D eigenvalue weighted by molar-refractivity contribution is 5.92. The molecule has 1 aliphatic carbocycles. The first-order valence-corrected chi connectivity index (χ1v) is 6.16. The Morgan fingerprint density at radius 1 is 1.47 bits per heavy atom. The Balaban J connectivity index is 1.97. The average Bonchev–Trinajstić information content (AvgIpc) is 2.63. The molecule has 5 heteroatoms. The SMILES string of the molecule is Cc1cc(C(=O)NC2CCCCCC2N)no1. The van der Waals surface area contributed by atoms with Crippen LogP contribution in [0.5, 0.6) is 0 Å². The highest BCUT2D eigenvalue weighted by Gasteiger charge is 2.23. The maximum atomic E-state index is 11.9. The molecule has 1 aromatic heterocycles. The van der Waals surface area contributed by atoms with Gasteiger partial charge in [0.2, 0.25) is 0 Å². The third-order valence-electron chi connectivity index (χ3n) is 3.25. The molecule has 5 nitrogen and oxygen atoms in total. The van der Waals surface area contributed by atoms with E-state index >= 15 is 0 Å². The van der Waals surface area contributed by atoms with Gasteiger partial charge in [-0.25, -0.2) is 0 Å². The number of aryl methyl sites for hydroxylation is 1. The van der Waals surface area contributed by atoms with Crippen LogP contribution in [0.25, 0.3) is 0 Å². The van der Waals surface area contributed by atoms with Gasteiger partial charge in [-0.05, 0) is 19.8 Å². The second-order valence-corrected chi connectivity index (χ2v) is 4.70. The van der Waals surface area contributed by atoms with Crippen molar-refractivity contribution in [1.29, 1.82) is 0 Å². The molecule has 1 fully saturated rings. The summed E-state index contributed by atoms with van der Waals surface area (Å²) in [6.45, 7) is 1.77. The van der Waals surface area contributed by atoms with E-state index in [2.05, 4.69) is 10.5 Å². The maximum absolute atomic E-state index is 11.9. The molecule has 17 heavy (non-hydrogen) atoms. The Hall–Kier alpha value is -1.36. The summed E-state index contributed by atoms with van der Waals surface area (Å²) in [5.74, 6) is 0.449. The lowest BCUT2D eigenvalue weighted by atomic mass is 10.0. The van der Waals surface area contributed by atoms with Crippen molar-refractivity contribution >= 4 is 5.91 Å². The van der Waals surface area contributed by atoms with E-state index in [1.54, 1.807) is 13.0 Å². The monoisotopic (exact) mass is 237 g/mol. The summed E-state index contributed by atoms with van der Waals surface area (Å²) in [7, 11) is 0. The Kier molecular flexibility index (Phi) is 3.78. The molecule has 0 aliphatic heterocycles. The van der Waals surface area contributed by atoms with E-state index in [1.807, 2.05) is 0 Å². The summed E-state index contributed by atoms with van der Waals surface area (Å²) < 4.78 is 4.88. The van der Waals surface area contributed by atoms with Gasteiger partial charge in [-0.3, -0.25) is 4.79 Å². The molecule has 0 spiro atoms. The number of nitrogens with zero attached hydrogens (tertiary/aromatic N) is 1. The van der Waals surface area contributed by atoms with Crippen molar-refractivity contribution in [2.24, 2.45) is 5.73 Å². The van der Waals surface area contributed by atoms with Gasteiger partial charge in [0, 0.05) is 18.2 Å². The van der Waals surface area contributed by atoms with E-state index in [0.29, 0.717) is 11.5 Å². The van der Waals surface area contributed by atoms with Gasteiger partial charge in [-0.1, -0.05) is 24.4 Å². The van der Waals surface area contributed by atoms with Crippen LogP contribution in [-0.2, 0) is 0 Å². The third-order valence-corrected chi connectivity index (χ3v) is 3.25. The minimum absolute atomic E-state index is 0.0504. The number of carbonyl (C=O) groups excluding carboxylic acids is 1. The fraction of sp³-hybridized carbons (Fsp3) is 0.667. The Labute approximate surface area is 101 Å². The quantitative estimate of drug-likeness (QED) is 0.761. The molecule has 1 heterocycles. The van der Waals surface area contributed by atoms with Gasteiger partial charge in [0.1, 0.15) is 5.76 Å². The maximum Gasteiger partial charge on any atom is 0.273 e. The zero-order valence-electron chi connectivity index (χ0n) is 10.1. The topological polar surface area (TPSA) is 81.2 Å². The molecule has 0 aromatic carbocycles. The van der Waals surface area contributed by atoms with Crippen molar-refractivity contribution < 1.29 is 9.32 Å². The first kappa shape index (κ1) is 12.1. The van der Waals surface area contributed by atoms with E-state index in [4.69, 9.17) is 10.3 Å². The van der Waals surface area contributed by atoms with Gasteiger partial charge in [-0.15, -0.1) is 0 Å². The zero-order chi connectivity index (χ0) is 12.3. The number of rotatable bonds is 2. The molecule has 0 radical (unpaired) electrons. The predicted octanol–water partition coefficient (Wildman–Crippen LogP) is 1.37. The molecule has 94 valence electrons. The Bertz CT molecular complexity index is 389. The van der Waals surface area contributed by atoms with Crippen LogP contribution >= 0.6 is 0 Å². The minimum atomic E-state index is -0.191. The first-order chi connectivity index (χ1) is 8.16. The molecule has 0 saturated heterocycles. The van der Waals surface area contributed by atoms with Crippen LogP contribution in [-0.4, -0.2) is 23.1 Å². The lowest BCUT2D eigenvalue weighted by Crippen LogP contribution is -2.47. The second kappa shape index (κ2) is 5.31. The number of nitrogens with one attached hydrogen (secondary N) is 1. The highest BCUT2D eigenvalue weighted by atomic mass is 16.5. The standard InChI is InChI=1S/C12H19N3O2/c1-8-7-11(15-17-8)12(16)14-10-6-4-2-3-5-9(10)13/h7,9-10H,2-6,13H2,1H3,(H,14,16). The largest absolute Gasteiger partial charge is 0.361 e. The van der Waals surface area contributed by atoms with Gasteiger partial charge in [0.05, 0.1) is 0 Å². The molecule has 2 atom stereocenters. The summed E-state index contributed by atoms with van der Waals surface area (Å²) in [5.41, 5.74) is 6.38. The smallest absolute Gasteiger partial charge is 0.273 e. The van der Waals surface area contributed by atoms with Crippen LogP contribution in [0, 0.1) is 6.92 Å². The van der Waals surface area contributed by atoms with Crippen molar-refractivity contribution in [3.63, 3.8) is 0 Å². The van der Waals surface area contributed by atoms with Crippen LogP contribution in [0.3, 0.4) is 0 Å². The summed E-state index contributed by atoms with van der Waals surface area (Å²) in [6, 6.07) is 1.74. The van der Waals surface area contributed by atoms with Crippen molar-refractivity contribution in [2.75, 3.05) is 0 Å². The number of amides is 1. The molecule has 0 bridgehead atoms. The lowest BCUT2D eigenvalue weighted by Gasteiger charge is -2.21. The number of nitrogens with two attached hydrogens (primary N) is 1. The minimum Gasteiger partial charge on any atom is -0.361 e. The van der Waals surface area contributed by atoms with Gasteiger partial charge in [-0.2, -0.15) is 0 Å². The number of hydrogen-bond acceptors (Lipinski definition) is 4. The number of carbonyl (C=O) groups is 1. The molecule has 1 saturated carbocycles. The molecule has 2 unspecified atom stereocenters. The summed E-state index contributed by atoms with van der Waals surface area (Å²) in [6.07, 6.45) is 5.39. The Morgan fingerprint density at radius 2 is 2.24 bits per heavy atom. The van der Waals surface area contributed by atoms with Gasteiger partial charge in [0.15, 0.2) is 5.69 Å². The molecular formula is C12H19N3O2. The van der Waals surface area contributed by atoms with Crippen LogP contribution in [0.4, 0.5) is 0 Å². The predicted molar refractivity (Wildman–Crippen MR) is 63.6 cm³/mol. The van der Waals surface area contributed by atoms with Crippen LogP contribution in [0.15, 0.2) is 10.6 Å². The summed E-state index contributed by atoms with van der Waals surface area (Å²) in [4.78, 5) is 11.9. The van der Waals surface area contributed by atoms with Crippen LogP contribution in [0.2, 0.25) is 0 Å². The van der Waals surface area contributed by atoms with Gasteiger partial charge in [0.25, 0.3) is 5.91 Å². The highest BCUT2D eigenvalue weighted by Crippen LogP contribution is 2.17. The third kappa shape index (κ3) is 3.06. The van der Waals surface area contributed by atoms with E-state index in [0.717, 1.165) is 25.7 Å². The molecule has 2 rings (SSSR count). The second-order valence-electron chi connectivity index (χ2n) is 4.70. The van der Waals surface area contributed by atoms with E-state index in [9.17, 15) is 4.79 Å². The fourth-order valence-electron chi connectivity index (χ4n) is 2.23. The fourth-order valence-corrected chi connectivity index (χ4v) is 2.23. The van der Waals surface area contributed by atoms with E-state index < -0.39 is 0 Å². The molecule has 1 aliphatic rings. The zero-order valence-corrected chi connectivity index (χ0v) is 10.1. The lowest BCUT2D eigenvalue weighted by molar-refractivity contribution is 0.0919. The molecule has 1 amide bonds. The van der Waals surface area contributed by atoms with Crippen molar-refractivity contribution in [3.8, 4) is 0 Å². The Morgan fingerprint density at radius 3 is 2.94 bits per heavy atom. The van der Waals surface area contributed by atoms with Crippen LogP contribution in [0.1, 0.15) is 48.4 Å². The van der Waals surface area contributed by atoms with Gasteiger partial charge < -0.3 is 15.6 Å². The van der Waals surface area contributed by atoms with Crippen molar-refractivity contribution in [3.05, 3.63) is 17.5 Å². The number of hydrogen-bond donors (Lipinski definition) is 2. The summed E-state index contributed by atoms with van der Waals surface area (Å²) in [5, 5.41) is 6.65. The number of aromatic nitrogens is 1. The first-order valence-electron chi connectivity index (χ1n) is 6.16. The van der Waals surface area contributed by atoms with E-state index in [1.165, 1.54) is 6.42 Å². The molecule has 3 N–H and O–H groups in total. The summed E-state index contributed by atoms with van der Waals surface area (Å²) >= 11 is 0. The van der Waals surface area contributed by atoms with E-state index in [-0.39, 0.29) is 18.0 Å².